The van der Waals surface area contributed by atoms with Gasteiger partial charge in [-0.05, 0) is 50.3 Å². The third kappa shape index (κ3) is 2.56. The zero-order valence-electron chi connectivity index (χ0n) is 14.0. The van der Waals surface area contributed by atoms with Crippen molar-refractivity contribution in [3.63, 3.8) is 0 Å². The van der Waals surface area contributed by atoms with E-state index in [2.05, 4.69) is 0 Å². The summed E-state index contributed by atoms with van der Waals surface area (Å²) in [5.41, 5.74) is -0.0131. The highest BCUT2D eigenvalue weighted by Gasteiger charge is 2.46. The molecule has 0 radical (unpaired) electrons. The molecule has 25 heavy (non-hydrogen) atoms. The average molecular weight is 345 g/mol. The van der Waals surface area contributed by atoms with Crippen molar-refractivity contribution in [3.8, 4) is 0 Å². The molecule has 0 amide bonds. The van der Waals surface area contributed by atoms with Gasteiger partial charge < -0.3 is 14.4 Å². The largest absolute Gasteiger partial charge is 0.462 e. The molecule has 0 bridgehead atoms. The molecule has 5 nitrogen and oxygen atoms in total. The smallest absolute Gasteiger partial charge is 0.343 e. The minimum atomic E-state index is -0.678. The van der Waals surface area contributed by atoms with Crippen molar-refractivity contribution in [2.45, 2.75) is 44.1 Å². The molecule has 1 N–H and O–H groups in total. The summed E-state index contributed by atoms with van der Waals surface area (Å²) in [4.78, 5) is 24.8. The molecule has 0 spiro atoms. The van der Waals surface area contributed by atoms with Crippen LogP contribution in [-0.4, -0.2) is 28.9 Å². The molecule has 1 aromatic carbocycles. The van der Waals surface area contributed by atoms with Crippen LogP contribution in [0.2, 0.25) is 0 Å². The molecule has 4 rings (SSSR count). The minimum Gasteiger partial charge on any atom is -0.462 e. The summed E-state index contributed by atoms with van der Waals surface area (Å²) in [5, 5.41) is 9.82. The summed E-state index contributed by atoms with van der Waals surface area (Å²) in [5.74, 6) is -1.18. The third-order valence-corrected chi connectivity index (χ3v) is 5.28. The number of hydrogen-bond acceptors (Lipinski definition) is 4. The molecule has 2 aliphatic carbocycles. The van der Waals surface area contributed by atoms with E-state index >= 15 is 0 Å². The number of pyridine rings is 1. The molecule has 2 saturated carbocycles. The number of esters is 1. The van der Waals surface area contributed by atoms with Crippen LogP contribution in [-0.2, 0) is 10.2 Å². The molecule has 0 unspecified atom stereocenters. The van der Waals surface area contributed by atoms with E-state index in [0.29, 0.717) is 11.1 Å². The Bertz CT molecular complexity index is 925. The Morgan fingerprint density at radius 2 is 2.12 bits per heavy atom. The van der Waals surface area contributed by atoms with Crippen molar-refractivity contribution < 1.29 is 19.0 Å². The topological polar surface area (TPSA) is 68.5 Å². The molecular weight excluding hydrogens is 325 g/mol. The Labute approximate surface area is 144 Å². The maximum Gasteiger partial charge on any atom is 0.343 e. The maximum atomic E-state index is 14.7. The van der Waals surface area contributed by atoms with E-state index in [9.17, 15) is 19.1 Å². The predicted molar refractivity (Wildman–Crippen MR) is 90.4 cm³/mol. The van der Waals surface area contributed by atoms with Gasteiger partial charge >= 0.3 is 5.97 Å². The molecule has 0 saturated heterocycles. The highest BCUT2D eigenvalue weighted by Crippen LogP contribution is 2.49. The first kappa shape index (κ1) is 16.3. The Balaban J connectivity index is 1.97. The van der Waals surface area contributed by atoms with Crippen LogP contribution in [0.15, 0.2) is 23.1 Å². The molecule has 1 aromatic heterocycles. The molecule has 6 heteroatoms. The summed E-state index contributed by atoms with van der Waals surface area (Å²) < 4.78 is 21.5. The van der Waals surface area contributed by atoms with Crippen LogP contribution in [0.3, 0.4) is 0 Å². The van der Waals surface area contributed by atoms with Crippen LogP contribution in [0.5, 0.6) is 0 Å². The van der Waals surface area contributed by atoms with Crippen molar-refractivity contribution in [3.05, 3.63) is 45.5 Å². The third-order valence-electron chi connectivity index (χ3n) is 5.28. The quantitative estimate of drug-likeness (QED) is 0.846. The Morgan fingerprint density at radius 1 is 1.40 bits per heavy atom. The van der Waals surface area contributed by atoms with Crippen molar-refractivity contribution in [2.24, 2.45) is 0 Å². The number of ether oxygens (including phenoxy) is 1. The standard InChI is InChI=1S/C19H20FNO4/c1-2-25-18(24)13-9-21(11-3-4-11)16-8-14(19(10-22)5-6-19)15(20)7-12(16)17(13)23/h7-9,11,22H,2-6,10H2,1H3. The summed E-state index contributed by atoms with van der Waals surface area (Å²) >= 11 is 0. The van der Waals surface area contributed by atoms with E-state index in [1.807, 2.05) is 4.57 Å². The van der Waals surface area contributed by atoms with Gasteiger partial charge in [0, 0.05) is 23.0 Å². The van der Waals surface area contributed by atoms with Gasteiger partial charge in [0.1, 0.15) is 11.4 Å². The summed E-state index contributed by atoms with van der Waals surface area (Å²) in [6.45, 7) is 1.74. The van der Waals surface area contributed by atoms with Crippen molar-refractivity contribution in [1.29, 1.82) is 0 Å². The first-order valence-electron chi connectivity index (χ1n) is 8.67. The number of nitrogens with zero attached hydrogens (tertiary/aromatic N) is 1. The molecular formula is C19H20FNO4. The number of halogens is 1. The van der Waals surface area contributed by atoms with Gasteiger partial charge in [-0.2, -0.15) is 0 Å². The fraction of sp³-hybridized carbons (Fsp3) is 0.474. The lowest BCUT2D eigenvalue weighted by Crippen LogP contribution is -2.22. The van der Waals surface area contributed by atoms with Crippen molar-refractivity contribution >= 4 is 16.9 Å². The number of rotatable bonds is 5. The second-order valence-corrected chi connectivity index (χ2v) is 7.02. The summed E-state index contributed by atoms with van der Waals surface area (Å²) in [7, 11) is 0. The minimum absolute atomic E-state index is 0.0586. The average Bonchev–Trinajstić information content (AvgIpc) is 3.49. The fourth-order valence-electron chi connectivity index (χ4n) is 3.45. The van der Waals surface area contributed by atoms with Gasteiger partial charge in [0.05, 0.1) is 18.7 Å². The molecule has 0 atom stereocenters. The Hall–Kier alpha value is -2.21. The molecule has 0 aliphatic heterocycles. The monoisotopic (exact) mass is 345 g/mol. The van der Waals surface area contributed by atoms with Gasteiger partial charge in [-0.1, -0.05) is 0 Å². The highest BCUT2D eigenvalue weighted by molar-refractivity contribution is 5.94. The van der Waals surface area contributed by atoms with Crippen LogP contribution in [0, 0.1) is 5.82 Å². The van der Waals surface area contributed by atoms with E-state index in [1.54, 1.807) is 19.2 Å². The lowest BCUT2D eigenvalue weighted by atomic mass is 9.94. The second kappa shape index (κ2) is 5.66. The zero-order valence-corrected chi connectivity index (χ0v) is 14.0. The summed E-state index contributed by atoms with van der Waals surface area (Å²) in [6.07, 6.45) is 4.93. The molecule has 132 valence electrons. The number of carbonyl (C=O) groups is 1. The van der Waals surface area contributed by atoms with Gasteiger partial charge in [0.15, 0.2) is 0 Å². The van der Waals surface area contributed by atoms with Crippen LogP contribution < -0.4 is 5.43 Å². The number of carbonyl (C=O) groups excluding carboxylic acids is 1. The number of aliphatic hydroxyl groups is 1. The second-order valence-electron chi connectivity index (χ2n) is 7.02. The molecule has 2 aromatic rings. The van der Waals surface area contributed by atoms with Crippen LogP contribution >= 0.6 is 0 Å². The van der Waals surface area contributed by atoms with Crippen LogP contribution in [0.1, 0.15) is 54.6 Å². The predicted octanol–water partition coefficient (Wildman–Crippen LogP) is 2.68. The van der Waals surface area contributed by atoms with E-state index in [0.717, 1.165) is 25.7 Å². The van der Waals surface area contributed by atoms with E-state index in [1.165, 1.54) is 6.07 Å². The Morgan fingerprint density at radius 3 is 2.68 bits per heavy atom. The summed E-state index contributed by atoms with van der Waals surface area (Å²) in [6, 6.07) is 3.10. The van der Waals surface area contributed by atoms with Gasteiger partial charge in [0.2, 0.25) is 5.43 Å². The SMILES string of the molecule is CCOC(=O)c1cn(C2CC2)c2cc(C3(CO)CC3)c(F)cc2c1=O. The van der Waals surface area contributed by atoms with Crippen molar-refractivity contribution in [1.82, 2.24) is 4.57 Å². The number of fused-ring (bicyclic) bond motifs is 1. The van der Waals surface area contributed by atoms with Gasteiger partial charge in [0.25, 0.3) is 0 Å². The van der Waals surface area contributed by atoms with Gasteiger partial charge in [-0.15, -0.1) is 0 Å². The number of hydrogen-bond donors (Lipinski definition) is 1. The lowest BCUT2D eigenvalue weighted by molar-refractivity contribution is 0.0524. The lowest BCUT2D eigenvalue weighted by Gasteiger charge is -2.18. The molecule has 2 aliphatic rings. The van der Waals surface area contributed by atoms with Crippen molar-refractivity contribution in [2.75, 3.05) is 13.2 Å². The normalized spacial score (nSPS) is 18.4. The number of aromatic nitrogens is 1. The van der Waals surface area contributed by atoms with Gasteiger partial charge in [-0.3, -0.25) is 4.79 Å². The number of aliphatic hydroxyl groups excluding tert-OH is 1. The van der Waals surface area contributed by atoms with Gasteiger partial charge in [-0.25, -0.2) is 9.18 Å². The zero-order chi connectivity index (χ0) is 17.8. The Kier molecular flexibility index (Phi) is 3.68. The molecule has 1 heterocycles. The van der Waals surface area contributed by atoms with E-state index in [4.69, 9.17) is 4.74 Å². The molecule has 2 fully saturated rings. The highest BCUT2D eigenvalue weighted by atomic mass is 19.1. The van der Waals surface area contributed by atoms with E-state index < -0.39 is 22.6 Å². The van der Waals surface area contributed by atoms with E-state index in [-0.39, 0.29) is 30.2 Å². The first-order valence-corrected chi connectivity index (χ1v) is 8.67. The first-order chi connectivity index (χ1) is 12.0. The van der Waals surface area contributed by atoms with Crippen LogP contribution in [0.25, 0.3) is 10.9 Å². The van der Waals surface area contributed by atoms with Crippen LogP contribution in [0.4, 0.5) is 4.39 Å². The maximum absolute atomic E-state index is 14.7. The fourth-order valence-corrected chi connectivity index (χ4v) is 3.45. The number of benzene rings is 1.